The molecule has 1 aliphatic carbocycles. The molecule has 0 unspecified atom stereocenters. The lowest BCUT2D eigenvalue weighted by Gasteiger charge is -2.34. The van der Waals surface area contributed by atoms with Gasteiger partial charge in [0.15, 0.2) is 0 Å². The minimum Gasteiger partial charge on any atom is -0.507 e. The van der Waals surface area contributed by atoms with E-state index in [2.05, 4.69) is 15.9 Å². The molecule has 0 aliphatic heterocycles. The van der Waals surface area contributed by atoms with Gasteiger partial charge < -0.3 is 10.0 Å². The largest absolute Gasteiger partial charge is 0.507 e. The third kappa shape index (κ3) is 3.67. The molecule has 5 heteroatoms. The number of phenols is 1. The number of hydrogen-bond donors (Lipinski definition) is 1. The lowest BCUT2D eigenvalue weighted by molar-refractivity contribution is 0.0646. The Hall–Kier alpha value is -0.740. The summed E-state index contributed by atoms with van der Waals surface area (Å²) in [5.41, 5.74) is 0.351. The number of benzene rings is 1. The van der Waals surface area contributed by atoms with Crippen LogP contribution >= 0.6 is 27.5 Å². The van der Waals surface area contributed by atoms with Crippen molar-refractivity contribution in [3.8, 4) is 5.75 Å². The molecule has 20 heavy (non-hydrogen) atoms. The van der Waals surface area contributed by atoms with Gasteiger partial charge in [-0.15, -0.1) is 11.6 Å². The predicted molar refractivity (Wildman–Crippen MR) is 84.4 cm³/mol. The molecule has 1 aromatic rings. The molecule has 3 nitrogen and oxygen atoms in total. The topological polar surface area (TPSA) is 40.5 Å². The van der Waals surface area contributed by atoms with E-state index in [-0.39, 0.29) is 17.7 Å². The highest BCUT2D eigenvalue weighted by atomic mass is 79.9. The molecule has 0 spiro atoms. The summed E-state index contributed by atoms with van der Waals surface area (Å²) in [6.07, 6.45) is 5.61. The van der Waals surface area contributed by atoms with Gasteiger partial charge in [-0.2, -0.15) is 0 Å². The van der Waals surface area contributed by atoms with Gasteiger partial charge in [-0.3, -0.25) is 4.79 Å². The summed E-state index contributed by atoms with van der Waals surface area (Å²) in [6, 6.07) is 5.23. The van der Waals surface area contributed by atoms with Crippen LogP contribution in [0.1, 0.15) is 42.5 Å². The fourth-order valence-electron chi connectivity index (χ4n) is 2.77. The van der Waals surface area contributed by atoms with Crippen LogP contribution < -0.4 is 0 Å². The molecule has 0 radical (unpaired) electrons. The first-order chi connectivity index (χ1) is 9.63. The molecule has 110 valence electrons. The van der Waals surface area contributed by atoms with Gasteiger partial charge in [0.2, 0.25) is 0 Å². The number of alkyl halides is 1. The van der Waals surface area contributed by atoms with Gasteiger partial charge in [-0.05, 0) is 31.0 Å². The second-order valence-corrected chi connectivity index (χ2v) is 6.43. The number of amides is 1. The van der Waals surface area contributed by atoms with Crippen molar-refractivity contribution in [2.24, 2.45) is 0 Å². The van der Waals surface area contributed by atoms with Crippen molar-refractivity contribution >= 4 is 33.4 Å². The zero-order valence-corrected chi connectivity index (χ0v) is 13.7. The number of halogens is 2. The lowest BCUT2D eigenvalue weighted by Crippen LogP contribution is -2.42. The van der Waals surface area contributed by atoms with E-state index in [1.807, 2.05) is 4.90 Å². The van der Waals surface area contributed by atoms with E-state index in [0.29, 0.717) is 18.0 Å². The van der Waals surface area contributed by atoms with Crippen LogP contribution in [0.25, 0.3) is 0 Å². The normalized spacial score (nSPS) is 16.1. The monoisotopic (exact) mass is 359 g/mol. The molecule has 1 saturated carbocycles. The van der Waals surface area contributed by atoms with Crippen LogP contribution in [0, 0.1) is 0 Å². The maximum absolute atomic E-state index is 12.7. The zero-order valence-electron chi connectivity index (χ0n) is 11.3. The highest BCUT2D eigenvalue weighted by molar-refractivity contribution is 9.10. The predicted octanol–water partition coefficient (Wildman–Crippen LogP) is 4.17. The Morgan fingerprint density at radius 3 is 2.65 bits per heavy atom. The van der Waals surface area contributed by atoms with E-state index in [4.69, 9.17) is 11.6 Å². The van der Waals surface area contributed by atoms with Gasteiger partial charge in [0.1, 0.15) is 5.75 Å². The minimum atomic E-state index is -0.123. The van der Waals surface area contributed by atoms with E-state index in [1.165, 1.54) is 6.42 Å². The first kappa shape index (κ1) is 15.6. The number of hydrogen-bond acceptors (Lipinski definition) is 2. The third-order valence-corrected chi connectivity index (χ3v) is 4.45. The Labute approximate surface area is 133 Å². The molecule has 1 amide bonds. The van der Waals surface area contributed by atoms with Gasteiger partial charge in [0.05, 0.1) is 5.56 Å². The van der Waals surface area contributed by atoms with Crippen LogP contribution in [0.5, 0.6) is 5.75 Å². The summed E-state index contributed by atoms with van der Waals surface area (Å²) in [7, 11) is 0. The van der Waals surface area contributed by atoms with Gasteiger partial charge in [-0.25, -0.2) is 0 Å². The van der Waals surface area contributed by atoms with E-state index in [0.717, 1.165) is 30.2 Å². The van der Waals surface area contributed by atoms with Gasteiger partial charge in [-0.1, -0.05) is 35.2 Å². The van der Waals surface area contributed by atoms with Gasteiger partial charge >= 0.3 is 0 Å². The number of carbonyl (C=O) groups excluding carboxylic acids is 1. The molecule has 1 aromatic carbocycles. The average Bonchev–Trinajstić information content (AvgIpc) is 2.45. The molecular formula is C15H19BrClNO2. The van der Waals surface area contributed by atoms with E-state index in [9.17, 15) is 9.90 Å². The molecule has 0 aromatic heterocycles. The molecule has 2 rings (SSSR count). The first-order valence-electron chi connectivity index (χ1n) is 6.99. The van der Waals surface area contributed by atoms with Crippen LogP contribution in [-0.2, 0) is 0 Å². The Morgan fingerprint density at radius 1 is 1.35 bits per heavy atom. The standard InChI is InChI=1S/C15H19BrClNO2/c16-11-6-7-13(14(19)10-11)15(20)18(9-8-17)12-4-2-1-3-5-12/h6-7,10,12,19H,1-5,8-9H2. The van der Waals surface area contributed by atoms with Crippen LogP contribution in [0.3, 0.4) is 0 Å². The van der Waals surface area contributed by atoms with E-state index in [1.54, 1.807) is 18.2 Å². The number of phenolic OH excluding ortho intramolecular Hbond substituents is 1. The highest BCUT2D eigenvalue weighted by Crippen LogP contribution is 2.28. The van der Waals surface area contributed by atoms with Crippen molar-refractivity contribution < 1.29 is 9.90 Å². The maximum atomic E-state index is 12.7. The van der Waals surface area contributed by atoms with Crippen LogP contribution in [0.4, 0.5) is 0 Å². The minimum absolute atomic E-state index is 0.0137. The number of nitrogens with zero attached hydrogens (tertiary/aromatic N) is 1. The summed E-state index contributed by atoms with van der Waals surface area (Å²) >= 11 is 9.13. The van der Waals surface area contributed by atoms with Crippen molar-refractivity contribution in [2.45, 2.75) is 38.1 Å². The fraction of sp³-hybridized carbons (Fsp3) is 0.533. The molecule has 0 heterocycles. The molecule has 0 bridgehead atoms. The summed E-state index contributed by atoms with van der Waals surface area (Å²) in [5, 5.41) is 9.97. The number of rotatable bonds is 4. The SMILES string of the molecule is O=C(c1ccc(Br)cc1O)N(CCCl)C1CCCCC1. The summed E-state index contributed by atoms with van der Waals surface area (Å²) in [6.45, 7) is 0.528. The van der Waals surface area contributed by atoms with Gasteiger partial charge in [0.25, 0.3) is 5.91 Å². The third-order valence-electron chi connectivity index (χ3n) is 3.79. The first-order valence-corrected chi connectivity index (χ1v) is 8.31. The average molecular weight is 361 g/mol. The van der Waals surface area contributed by atoms with Crippen molar-refractivity contribution in [1.82, 2.24) is 4.90 Å². The number of aromatic hydroxyl groups is 1. The van der Waals surface area contributed by atoms with Gasteiger partial charge in [0, 0.05) is 22.9 Å². The molecule has 0 saturated heterocycles. The van der Waals surface area contributed by atoms with Crippen molar-refractivity contribution in [1.29, 1.82) is 0 Å². The Balaban J connectivity index is 2.21. The second-order valence-electron chi connectivity index (χ2n) is 5.14. The maximum Gasteiger partial charge on any atom is 0.257 e. The van der Waals surface area contributed by atoms with Crippen LogP contribution in [0.15, 0.2) is 22.7 Å². The van der Waals surface area contributed by atoms with Crippen molar-refractivity contribution in [3.63, 3.8) is 0 Å². The second kappa shape index (κ2) is 7.32. The van der Waals surface area contributed by atoms with E-state index < -0.39 is 0 Å². The Morgan fingerprint density at radius 2 is 2.05 bits per heavy atom. The van der Waals surface area contributed by atoms with Crippen LogP contribution in [0.2, 0.25) is 0 Å². The van der Waals surface area contributed by atoms with Crippen LogP contribution in [-0.4, -0.2) is 34.4 Å². The molecule has 1 aliphatic rings. The quantitative estimate of drug-likeness (QED) is 0.819. The highest BCUT2D eigenvalue weighted by Gasteiger charge is 2.27. The van der Waals surface area contributed by atoms with E-state index >= 15 is 0 Å². The fourth-order valence-corrected chi connectivity index (χ4v) is 3.31. The Bertz CT molecular complexity index is 475. The summed E-state index contributed by atoms with van der Waals surface area (Å²) < 4.78 is 0.758. The lowest BCUT2D eigenvalue weighted by atomic mass is 9.93. The molecule has 1 fully saturated rings. The van der Waals surface area contributed by atoms with Crippen molar-refractivity contribution in [2.75, 3.05) is 12.4 Å². The van der Waals surface area contributed by atoms with Crippen molar-refractivity contribution in [3.05, 3.63) is 28.2 Å². The zero-order chi connectivity index (χ0) is 14.5. The smallest absolute Gasteiger partial charge is 0.257 e. The molecule has 1 N–H and O–H groups in total. The molecule has 0 atom stereocenters. The molecular weight excluding hydrogens is 342 g/mol. The summed E-state index contributed by atoms with van der Waals surface area (Å²) in [5.74, 6) is 0.307. The Kier molecular flexibility index (Phi) is 5.73. The summed E-state index contributed by atoms with van der Waals surface area (Å²) in [4.78, 5) is 14.5. The number of carbonyl (C=O) groups is 1.